The summed E-state index contributed by atoms with van der Waals surface area (Å²) >= 11 is 0. The highest BCUT2D eigenvalue weighted by Gasteiger charge is 2.22. The van der Waals surface area contributed by atoms with Crippen LogP contribution in [-0.2, 0) is 11.2 Å². The van der Waals surface area contributed by atoms with E-state index in [1.165, 1.54) is 5.41 Å². The molecule has 1 heterocycles. The molecule has 1 amide bonds. The number of hydrogen-bond acceptors (Lipinski definition) is 3. The van der Waals surface area contributed by atoms with Gasteiger partial charge in [0.25, 0.3) is 0 Å². The Bertz CT molecular complexity index is 1010. The topological polar surface area (TPSA) is 69.6 Å². The Morgan fingerprint density at radius 3 is 2.60 bits per heavy atom. The lowest BCUT2D eigenvalue weighted by atomic mass is 10.0. The van der Waals surface area contributed by atoms with E-state index in [1.54, 1.807) is 24.3 Å². The van der Waals surface area contributed by atoms with Crippen molar-refractivity contribution in [2.24, 2.45) is 0 Å². The van der Waals surface area contributed by atoms with Gasteiger partial charge in [-0.15, -0.1) is 10.6 Å². The minimum atomic E-state index is -2.88. The molecular weight excluding hydrogens is 334 g/mol. The number of amides is 1. The van der Waals surface area contributed by atoms with E-state index in [0.717, 1.165) is 21.9 Å². The second-order valence-electron chi connectivity index (χ2n) is 6.05. The van der Waals surface area contributed by atoms with Crippen LogP contribution < -0.4 is 5.32 Å². The van der Waals surface area contributed by atoms with Gasteiger partial charge in [0.2, 0.25) is 5.91 Å². The summed E-state index contributed by atoms with van der Waals surface area (Å²) in [6, 6.07) is 19.2. The highest BCUT2D eigenvalue weighted by Crippen LogP contribution is 2.56. The summed E-state index contributed by atoms with van der Waals surface area (Å²) in [7, 11) is -2.88. The minimum absolute atomic E-state index is 0.141. The summed E-state index contributed by atoms with van der Waals surface area (Å²) in [5, 5.41) is 6.48. The molecule has 0 unspecified atom stereocenters. The van der Waals surface area contributed by atoms with Crippen molar-refractivity contribution >= 4 is 39.0 Å². The van der Waals surface area contributed by atoms with Crippen molar-refractivity contribution in [2.75, 3.05) is 5.32 Å². The maximum absolute atomic E-state index is 12.3. The van der Waals surface area contributed by atoms with E-state index >= 15 is 0 Å². The molecule has 0 bridgehead atoms. The van der Waals surface area contributed by atoms with Crippen LogP contribution in [0.15, 0.2) is 71.0 Å². The Hall–Kier alpha value is -2.60. The summed E-state index contributed by atoms with van der Waals surface area (Å²) in [4.78, 5) is 12.8. The molecule has 3 aromatic carbocycles. The first kappa shape index (κ1) is 15.9. The lowest BCUT2D eigenvalue weighted by molar-refractivity contribution is -0.115. The van der Waals surface area contributed by atoms with Crippen molar-refractivity contribution in [2.45, 2.75) is 11.3 Å². The third-order valence-electron chi connectivity index (χ3n) is 4.24. The molecule has 5 heteroatoms. The molecule has 0 aromatic heterocycles. The van der Waals surface area contributed by atoms with Crippen molar-refractivity contribution in [1.82, 2.24) is 0 Å². The fraction of sp³-hybridized carbons (Fsp3) is 0.0500. The van der Waals surface area contributed by atoms with Crippen molar-refractivity contribution in [3.8, 4) is 0 Å². The van der Waals surface area contributed by atoms with Crippen LogP contribution in [-0.4, -0.2) is 15.0 Å². The highest BCUT2D eigenvalue weighted by atomic mass is 32.3. The normalized spacial score (nSPS) is 15.8. The first-order valence-electron chi connectivity index (χ1n) is 7.89. The number of carbonyl (C=O) groups excluding carboxylic acids is 1. The molecule has 0 spiro atoms. The smallest absolute Gasteiger partial charge is 0.228 e. The minimum Gasteiger partial charge on any atom is -0.326 e. The summed E-state index contributed by atoms with van der Waals surface area (Å²) in [6.07, 6.45) is 1.95. The summed E-state index contributed by atoms with van der Waals surface area (Å²) in [6.45, 7) is 0. The van der Waals surface area contributed by atoms with Crippen molar-refractivity contribution in [3.63, 3.8) is 0 Å². The van der Waals surface area contributed by atoms with Crippen LogP contribution in [0.1, 0.15) is 11.1 Å². The second-order valence-corrected chi connectivity index (χ2v) is 7.95. The lowest BCUT2D eigenvalue weighted by Gasteiger charge is -2.25. The van der Waals surface area contributed by atoms with Gasteiger partial charge in [-0.2, -0.15) is 0 Å². The predicted molar refractivity (Wildman–Crippen MR) is 103 cm³/mol. The average molecular weight is 351 g/mol. The van der Waals surface area contributed by atoms with Crippen LogP contribution in [0.25, 0.3) is 16.8 Å². The molecule has 0 fully saturated rings. The summed E-state index contributed by atoms with van der Waals surface area (Å²) < 4.78 is 20.0. The van der Waals surface area contributed by atoms with E-state index in [1.807, 2.05) is 42.5 Å². The molecule has 3 N–H and O–H groups in total. The molecule has 1 aliphatic rings. The molecule has 0 aliphatic carbocycles. The third kappa shape index (κ3) is 3.17. The Morgan fingerprint density at radius 2 is 1.76 bits per heavy atom. The molecule has 0 saturated heterocycles. The molecule has 0 atom stereocenters. The average Bonchev–Trinajstić information content (AvgIpc) is 2.89. The van der Waals surface area contributed by atoms with Crippen LogP contribution >= 0.6 is 10.6 Å². The van der Waals surface area contributed by atoms with Crippen molar-refractivity contribution in [3.05, 3.63) is 77.2 Å². The van der Waals surface area contributed by atoms with Crippen LogP contribution in [0.2, 0.25) is 0 Å². The number of benzene rings is 3. The van der Waals surface area contributed by atoms with Gasteiger partial charge in [0.15, 0.2) is 0 Å². The fourth-order valence-electron chi connectivity index (χ4n) is 2.99. The molecule has 0 saturated carbocycles. The first-order valence-corrected chi connectivity index (χ1v) is 9.50. The van der Waals surface area contributed by atoms with Crippen LogP contribution in [0.4, 0.5) is 5.69 Å². The SMILES string of the molecule is O=C(Cc1ccc2ccccc2c1)Nc1ccc2c(c1)S(O)(O)C=C2. The molecule has 25 heavy (non-hydrogen) atoms. The van der Waals surface area contributed by atoms with Gasteiger partial charge in [-0.05, 0) is 40.1 Å². The van der Waals surface area contributed by atoms with Crippen molar-refractivity contribution < 1.29 is 13.9 Å². The van der Waals surface area contributed by atoms with E-state index in [4.69, 9.17) is 0 Å². The monoisotopic (exact) mass is 351 g/mol. The molecule has 4 rings (SSSR count). The van der Waals surface area contributed by atoms with E-state index in [2.05, 4.69) is 5.32 Å². The fourth-order valence-corrected chi connectivity index (χ4v) is 4.26. The molecule has 1 aliphatic heterocycles. The highest BCUT2D eigenvalue weighted by molar-refractivity contribution is 8.27. The van der Waals surface area contributed by atoms with Gasteiger partial charge in [0, 0.05) is 11.1 Å². The molecule has 3 aromatic rings. The molecular formula is C20H17NO3S. The number of rotatable bonds is 3. The maximum atomic E-state index is 12.3. The van der Waals surface area contributed by atoms with Gasteiger partial charge in [-0.25, -0.2) is 0 Å². The largest absolute Gasteiger partial charge is 0.326 e. The zero-order chi connectivity index (χ0) is 17.4. The Morgan fingerprint density at radius 1 is 0.960 bits per heavy atom. The van der Waals surface area contributed by atoms with E-state index < -0.39 is 10.6 Å². The Kier molecular flexibility index (Phi) is 3.84. The Balaban J connectivity index is 1.51. The van der Waals surface area contributed by atoms with Gasteiger partial charge in [0.1, 0.15) is 0 Å². The van der Waals surface area contributed by atoms with Crippen molar-refractivity contribution in [1.29, 1.82) is 0 Å². The third-order valence-corrected chi connectivity index (χ3v) is 5.75. The molecule has 4 nitrogen and oxygen atoms in total. The zero-order valence-corrected chi connectivity index (χ0v) is 14.2. The van der Waals surface area contributed by atoms with Crippen LogP contribution in [0.5, 0.6) is 0 Å². The number of anilines is 1. The summed E-state index contributed by atoms with van der Waals surface area (Å²) in [5.74, 6) is -0.141. The Labute approximate surface area is 147 Å². The quantitative estimate of drug-likeness (QED) is 0.614. The van der Waals surface area contributed by atoms with Crippen LogP contribution in [0.3, 0.4) is 0 Å². The van der Waals surface area contributed by atoms with E-state index in [0.29, 0.717) is 10.6 Å². The first-order chi connectivity index (χ1) is 12.0. The lowest BCUT2D eigenvalue weighted by Crippen LogP contribution is -2.14. The van der Waals surface area contributed by atoms with E-state index in [-0.39, 0.29) is 12.3 Å². The number of nitrogens with one attached hydrogen (secondary N) is 1. The molecule has 0 radical (unpaired) electrons. The standard InChI is InChI=1S/C20H17NO3S/c22-20(12-14-5-6-15-3-1-2-4-17(15)11-14)21-18-8-7-16-9-10-25(23,24)19(16)13-18/h1-11,13,23-24H,12H2,(H,21,22). The maximum Gasteiger partial charge on any atom is 0.228 e. The van der Waals surface area contributed by atoms with Crippen LogP contribution in [0, 0.1) is 0 Å². The van der Waals surface area contributed by atoms with Gasteiger partial charge in [0.05, 0.1) is 11.3 Å². The summed E-state index contributed by atoms with van der Waals surface area (Å²) in [5.41, 5.74) is 2.27. The van der Waals surface area contributed by atoms with E-state index in [9.17, 15) is 13.9 Å². The van der Waals surface area contributed by atoms with Gasteiger partial charge in [-0.3, -0.25) is 13.9 Å². The number of carbonyl (C=O) groups is 1. The van der Waals surface area contributed by atoms with Gasteiger partial charge in [-0.1, -0.05) is 48.5 Å². The zero-order valence-electron chi connectivity index (χ0n) is 13.3. The van der Waals surface area contributed by atoms with Gasteiger partial charge < -0.3 is 5.32 Å². The second kappa shape index (κ2) is 6.04. The number of fused-ring (bicyclic) bond motifs is 2. The van der Waals surface area contributed by atoms with Gasteiger partial charge >= 0.3 is 0 Å². The predicted octanol–water partition coefficient (Wildman–Crippen LogP) is 5.11. The number of hydrogen-bond donors (Lipinski definition) is 3. The molecule has 126 valence electrons.